The molecule has 2 aromatic carbocycles. The molecule has 1 aliphatic rings. The molecule has 0 saturated carbocycles. The van der Waals surface area contributed by atoms with Crippen LogP contribution >= 0.6 is 0 Å². The molecule has 1 heterocycles. The Hall–Kier alpha value is -2.67. The number of nitrogens with one attached hydrogen (secondary N) is 2. The minimum atomic E-state index is -3.24. The molecular formula is C21H25F2N3O2. The van der Waals surface area contributed by atoms with E-state index in [1.807, 2.05) is 25.1 Å². The van der Waals surface area contributed by atoms with E-state index >= 15 is 0 Å². The molecule has 0 bridgehead atoms. The Morgan fingerprint density at radius 3 is 2.50 bits per heavy atom. The number of hydrogen-bond donors (Lipinski definition) is 2. The van der Waals surface area contributed by atoms with Gasteiger partial charge in [-0.15, -0.1) is 0 Å². The number of likely N-dealkylation sites (tertiary alicyclic amines) is 1. The monoisotopic (exact) mass is 389 g/mol. The topological polar surface area (TPSA) is 53.6 Å². The number of nitrogens with zero attached hydrogens (tertiary/aromatic N) is 1. The summed E-state index contributed by atoms with van der Waals surface area (Å²) in [6.07, 6.45) is -2.39. The number of hydrogen-bond acceptors (Lipinski definition) is 3. The Labute approximate surface area is 163 Å². The van der Waals surface area contributed by atoms with Gasteiger partial charge in [0.1, 0.15) is 5.75 Å². The summed E-state index contributed by atoms with van der Waals surface area (Å²) in [6, 6.07) is 15.8. The third-order valence-corrected chi connectivity index (χ3v) is 4.63. The quantitative estimate of drug-likeness (QED) is 0.767. The van der Waals surface area contributed by atoms with Gasteiger partial charge in [-0.2, -0.15) is 8.78 Å². The smallest absolute Gasteiger partial charge is 0.394 e. The SMILES string of the molecule is CC1(NC(=O)Nc2ccc(OC(C)(F)F)cc2)CCN(Cc2ccccc2)C1. The van der Waals surface area contributed by atoms with E-state index in [-0.39, 0.29) is 17.3 Å². The van der Waals surface area contributed by atoms with Gasteiger partial charge in [0, 0.05) is 32.2 Å². The van der Waals surface area contributed by atoms with Crippen LogP contribution in [0.4, 0.5) is 19.3 Å². The first-order valence-electron chi connectivity index (χ1n) is 9.23. The van der Waals surface area contributed by atoms with Crippen LogP contribution in [-0.4, -0.2) is 35.7 Å². The molecule has 0 spiro atoms. The van der Waals surface area contributed by atoms with Gasteiger partial charge in [-0.1, -0.05) is 30.3 Å². The zero-order valence-corrected chi connectivity index (χ0v) is 16.0. The van der Waals surface area contributed by atoms with Crippen LogP contribution in [0, 0.1) is 0 Å². The molecule has 0 aliphatic carbocycles. The second-order valence-corrected chi connectivity index (χ2v) is 7.52. The predicted molar refractivity (Wildman–Crippen MR) is 105 cm³/mol. The van der Waals surface area contributed by atoms with Crippen LogP contribution in [0.2, 0.25) is 0 Å². The molecule has 2 N–H and O–H groups in total. The van der Waals surface area contributed by atoms with E-state index in [4.69, 9.17) is 0 Å². The fourth-order valence-electron chi connectivity index (χ4n) is 3.38. The first-order chi connectivity index (χ1) is 13.2. The number of alkyl halides is 2. The normalized spacial score (nSPS) is 20.0. The fraction of sp³-hybridized carbons (Fsp3) is 0.381. The summed E-state index contributed by atoms with van der Waals surface area (Å²) in [4.78, 5) is 14.7. The largest absolute Gasteiger partial charge is 0.433 e. The number of carbonyl (C=O) groups is 1. The van der Waals surface area contributed by atoms with Crippen LogP contribution in [0.15, 0.2) is 54.6 Å². The third-order valence-electron chi connectivity index (χ3n) is 4.63. The summed E-state index contributed by atoms with van der Waals surface area (Å²) >= 11 is 0. The van der Waals surface area contributed by atoms with E-state index in [1.54, 1.807) is 0 Å². The lowest BCUT2D eigenvalue weighted by molar-refractivity contribution is -0.158. The number of benzene rings is 2. The summed E-state index contributed by atoms with van der Waals surface area (Å²) in [7, 11) is 0. The number of ether oxygens (including phenoxy) is 1. The fourth-order valence-corrected chi connectivity index (χ4v) is 3.38. The Morgan fingerprint density at radius 2 is 1.86 bits per heavy atom. The highest BCUT2D eigenvalue weighted by atomic mass is 19.3. The van der Waals surface area contributed by atoms with Crippen LogP contribution < -0.4 is 15.4 Å². The average Bonchev–Trinajstić information content (AvgIpc) is 2.96. The lowest BCUT2D eigenvalue weighted by Crippen LogP contribution is -2.49. The number of carbonyl (C=O) groups excluding carboxylic acids is 1. The Kier molecular flexibility index (Phi) is 5.84. The van der Waals surface area contributed by atoms with Crippen molar-refractivity contribution in [1.82, 2.24) is 10.2 Å². The minimum absolute atomic E-state index is 0.0396. The third kappa shape index (κ3) is 5.92. The Bertz CT molecular complexity index is 794. The molecule has 1 atom stereocenters. The first-order valence-corrected chi connectivity index (χ1v) is 9.23. The summed E-state index contributed by atoms with van der Waals surface area (Å²) in [5.74, 6) is 0.0396. The van der Waals surface area contributed by atoms with Gasteiger partial charge in [0.15, 0.2) is 0 Å². The van der Waals surface area contributed by atoms with Crippen LogP contribution in [0.25, 0.3) is 0 Å². The van der Waals surface area contributed by atoms with Gasteiger partial charge in [-0.05, 0) is 43.2 Å². The standard InChI is InChI=1S/C21H25F2N3O2/c1-20(12-13-26(15-20)14-16-6-4-3-5-7-16)25-19(27)24-17-8-10-18(11-9-17)28-21(2,22)23/h3-11H,12-15H2,1-2H3,(H2,24,25,27). The zero-order valence-electron chi connectivity index (χ0n) is 16.0. The molecule has 1 unspecified atom stereocenters. The van der Waals surface area contributed by atoms with Crippen molar-refractivity contribution >= 4 is 11.7 Å². The van der Waals surface area contributed by atoms with Crippen LogP contribution in [0.3, 0.4) is 0 Å². The van der Waals surface area contributed by atoms with Gasteiger partial charge in [-0.25, -0.2) is 4.79 Å². The van der Waals surface area contributed by atoms with Gasteiger partial charge in [-0.3, -0.25) is 4.90 Å². The van der Waals surface area contributed by atoms with Crippen LogP contribution in [-0.2, 0) is 6.54 Å². The molecule has 3 rings (SSSR count). The van der Waals surface area contributed by atoms with E-state index < -0.39 is 6.11 Å². The molecule has 2 amide bonds. The number of amides is 2. The van der Waals surface area contributed by atoms with Gasteiger partial charge in [0.2, 0.25) is 0 Å². The van der Waals surface area contributed by atoms with Crippen molar-refractivity contribution in [2.45, 2.75) is 38.5 Å². The number of halogens is 2. The predicted octanol–water partition coefficient (Wildman–Crippen LogP) is 4.46. The molecule has 5 nitrogen and oxygen atoms in total. The maximum absolute atomic E-state index is 12.9. The maximum atomic E-state index is 12.9. The molecule has 1 fully saturated rings. The molecule has 0 aromatic heterocycles. The molecule has 1 saturated heterocycles. The van der Waals surface area contributed by atoms with Crippen LogP contribution in [0.1, 0.15) is 25.8 Å². The second-order valence-electron chi connectivity index (χ2n) is 7.52. The molecule has 150 valence electrons. The minimum Gasteiger partial charge on any atom is -0.433 e. The van der Waals surface area contributed by atoms with Crippen molar-refractivity contribution in [3.63, 3.8) is 0 Å². The summed E-state index contributed by atoms with van der Waals surface area (Å²) in [5.41, 5.74) is 1.43. The molecule has 0 radical (unpaired) electrons. The zero-order chi connectivity index (χ0) is 20.2. The van der Waals surface area contributed by atoms with Crippen molar-refractivity contribution in [3.8, 4) is 5.75 Å². The first kappa shape index (κ1) is 20.1. The molecular weight excluding hydrogens is 364 g/mol. The Morgan fingerprint density at radius 1 is 1.18 bits per heavy atom. The maximum Gasteiger partial charge on any atom is 0.394 e. The summed E-state index contributed by atoms with van der Waals surface area (Å²) in [6.45, 7) is 5.22. The van der Waals surface area contributed by atoms with E-state index in [2.05, 4.69) is 32.4 Å². The van der Waals surface area contributed by atoms with E-state index in [9.17, 15) is 13.6 Å². The second kappa shape index (κ2) is 8.14. The number of urea groups is 1. The van der Waals surface area contributed by atoms with Crippen molar-refractivity contribution in [2.75, 3.05) is 18.4 Å². The lowest BCUT2D eigenvalue weighted by Gasteiger charge is -2.26. The van der Waals surface area contributed by atoms with E-state index in [0.717, 1.165) is 26.1 Å². The molecule has 7 heteroatoms. The molecule has 1 aliphatic heterocycles. The van der Waals surface area contributed by atoms with Crippen molar-refractivity contribution in [3.05, 3.63) is 60.2 Å². The Balaban J connectivity index is 1.50. The lowest BCUT2D eigenvalue weighted by atomic mass is 10.0. The van der Waals surface area contributed by atoms with Gasteiger partial charge in [0.25, 0.3) is 0 Å². The number of rotatable bonds is 6. The highest BCUT2D eigenvalue weighted by Crippen LogP contribution is 2.24. The molecule has 2 aromatic rings. The van der Waals surface area contributed by atoms with E-state index in [1.165, 1.54) is 29.8 Å². The van der Waals surface area contributed by atoms with Crippen molar-refractivity contribution < 1.29 is 18.3 Å². The number of anilines is 1. The van der Waals surface area contributed by atoms with Crippen LogP contribution in [0.5, 0.6) is 5.75 Å². The highest BCUT2D eigenvalue weighted by Gasteiger charge is 2.35. The van der Waals surface area contributed by atoms with Gasteiger partial charge in [0.05, 0.1) is 5.54 Å². The summed E-state index contributed by atoms with van der Waals surface area (Å²) < 4.78 is 30.2. The molecule has 28 heavy (non-hydrogen) atoms. The van der Waals surface area contributed by atoms with Crippen molar-refractivity contribution in [1.29, 1.82) is 0 Å². The van der Waals surface area contributed by atoms with Crippen molar-refractivity contribution in [2.24, 2.45) is 0 Å². The average molecular weight is 389 g/mol. The van der Waals surface area contributed by atoms with Gasteiger partial charge >= 0.3 is 12.1 Å². The van der Waals surface area contributed by atoms with Gasteiger partial charge < -0.3 is 15.4 Å². The summed E-state index contributed by atoms with van der Waals surface area (Å²) in [5, 5.41) is 5.77. The highest BCUT2D eigenvalue weighted by molar-refractivity contribution is 5.89. The van der Waals surface area contributed by atoms with E-state index in [0.29, 0.717) is 12.6 Å².